The van der Waals surface area contributed by atoms with Gasteiger partial charge in [-0.05, 0) is 37.8 Å². The molecule has 1 aliphatic carbocycles. The summed E-state index contributed by atoms with van der Waals surface area (Å²) in [5, 5.41) is 0.674. The Labute approximate surface area is 125 Å². The van der Waals surface area contributed by atoms with Crippen molar-refractivity contribution >= 4 is 22.4 Å². The zero-order valence-electron chi connectivity index (χ0n) is 11.9. The van der Waals surface area contributed by atoms with Crippen LogP contribution in [0.2, 0.25) is 0 Å². The molecule has 0 radical (unpaired) electrons. The third kappa shape index (κ3) is 2.67. The van der Waals surface area contributed by atoms with Crippen molar-refractivity contribution in [3.8, 4) is 0 Å². The number of aromatic nitrogens is 2. The number of rotatable bonds is 1. The molecule has 22 heavy (non-hydrogen) atoms. The molecule has 1 saturated carbocycles. The summed E-state index contributed by atoms with van der Waals surface area (Å²) in [6.07, 6.45) is -3.05. The summed E-state index contributed by atoms with van der Waals surface area (Å²) in [4.78, 5) is 8.73. The van der Waals surface area contributed by atoms with Crippen LogP contribution in [0.25, 0.3) is 10.9 Å². The average Bonchev–Trinajstić information content (AvgIpc) is 2.47. The van der Waals surface area contributed by atoms with Crippen molar-refractivity contribution in [1.29, 1.82) is 0 Å². The van der Waals surface area contributed by atoms with Crippen LogP contribution in [0.3, 0.4) is 0 Å². The minimum atomic E-state index is -4.11. The lowest BCUT2D eigenvalue weighted by Gasteiger charge is -2.29. The molecule has 0 amide bonds. The fourth-order valence-electron chi connectivity index (χ4n) is 3.08. The summed E-state index contributed by atoms with van der Waals surface area (Å²) < 4.78 is 38.2. The molecule has 1 heterocycles. The summed E-state index contributed by atoms with van der Waals surface area (Å²) in [5.41, 5.74) is 12.9. The number of hydrogen-bond acceptors (Lipinski definition) is 4. The molecule has 1 fully saturated rings. The Morgan fingerprint density at radius 2 is 1.68 bits per heavy atom. The molecule has 1 aromatic carbocycles. The van der Waals surface area contributed by atoms with Crippen molar-refractivity contribution < 1.29 is 13.2 Å². The van der Waals surface area contributed by atoms with E-state index in [9.17, 15) is 13.2 Å². The lowest BCUT2D eigenvalue weighted by Crippen LogP contribution is -2.27. The predicted molar refractivity (Wildman–Crippen MR) is 79.1 cm³/mol. The van der Waals surface area contributed by atoms with Gasteiger partial charge >= 0.3 is 6.18 Å². The molecular formula is C15H17F3N4. The second-order valence-corrected chi connectivity index (χ2v) is 5.80. The van der Waals surface area contributed by atoms with E-state index in [1.165, 1.54) is 0 Å². The van der Waals surface area contributed by atoms with E-state index in [0.717, 1.165) is 0 Å². The topological polar surface area (TPSA) is 77.8 Å². The third-order valence-electron chi connectivity index (χ3n) is 4.36. The zero-order valence-corrected chi connectivity index (χ0v) is 11.9. The molecule has 0 bridgehead atoms. The summed E-state index contributed by atoms with van der Waals surface area (Å²) in [6, 6.07) is 5.27. The summed E-state index contributed by atoms with van der Waals surface area (Å²) >= 11 is 0. The highest BCUT2D eigenvalue weighted by molar-refractivity contribution is 5.95. The maximum absolute atomic E-state index is 12.7. The van der Waals surface area contributed by atoms with Crippen LogP contribution in [0.1, 0.15) is 37.4 Å². The van der Waals surface area contributed by atoms with Crippen LogP contribution in [0.5, 0.6) is 0 Å². The van der Waals surface area contributed by atoms with Crippen LogP contribution in [-0.2, 0) is 0 Å². The van der Waals surface area contributed by atoms with E-state index in [0.29, 0.717) is 41.1 Å². The molecule has 118 valence electrons. The number of hydrogen-bond donors (Lipinski definition) is 2. The van der Waals surface area contributed by atoms with Gasteiger partial charge in [-0.3, -0.25) is 0 Å². The van der Waals surface area contributed by atoms with Crippen LogP contribution in [-0.4, -0.2) is 16.1 Å². The fraction of sp³-hybridized carbons (Fsp3) is 0.467. The van der Waals surface area contributed by atoms with Crippen LogP contribution >= 0.6 is 0 Å². The monoisotopic (exact) mass is 310 g/mol. The summed E-state index contributed by atoms with van der Waals surface area (Å²) in [5.74, 6) is -0.481. The number of fused-ring (bicyclic) bond motifs is 1. The van der Waals surface area contributed by atoms with E-state index in [-0.39, 0.29) is 18.8 Å². The minimum Gasteiger partial charge on any atom is -0.397 e. The van der Waals surface area contributed by atoms with Gasteiger partial charge in [0.1, 0.15) is 11.6 Å². The Morgan fingerprint density at radius 1 is 1.00 bits per heavy atom. The summed E-state index contributed by atoms with van der Waals surface area (Å²) in [7, 11) is 0. The second kappa shape index (κ2) is 5.30. The molecule has 1 aromatic heterocycles. The second-order valence-electron chi connectivity index (χ2n) is 5.80. The number of nitrogen functional groups attached to an aromatic ring is 2. The zero-order chi connectivity index (χ0) is 15.9. The Kier molecular flexibility index (Phi) is 3.58. The highest BCUT2D eigenvalue weighted by Crippen LogP contribution is 2.42. The number of para-hydroxylation sites is 1. The van der Waals surface area contributed by atoms with E-state index >= 15 is 0 Å². The normalized spacial score (nSPS) is 22.9. The summed E-state index contributed by atoms with van der Waals surface area (Å²) in [6.45, 7) is 0. The van der Waals surface area contributed by atoms with Crippen molar-refractivity contribution in [3.05, 3.63) is 24.0 Å². The predicted octanol–water partition coefficient (Wildman–Crippen LogP) is 3.63. The fourth-order valence-corrected chi connectivity index (χ4v) is 3.08. The van der Waals surface area contributed by atoms with E-state index in [2.05, 4.69) is 9.97 Å². The van der Waals surface area contributed by atoms with Gasteiger partial charge in [0.25, 0.3) is 0 Å². The average molecular weight is 310 g/mol. The van der Waals surface area contributed by atoms with Gasteiger partial charge < -0.3 is 11.5 Å². The number of halogens is 3. The maximum Gasteiger partial charge on any atom is 0.391 e. The van der Waals surface area contributed by atoms with Gasteiger partial charge in [-0.15, -0.1) is 0 Å². The van der Waals surface area contributed by atoms with Crippen molar-refractivity contribution in [1.82, 2.24) is 9.97 Å². The molecule has 1 aliphatic rings. The van der Waals surface area contributed by atoms with E-state index in [1.54, 1.807) is 18.2 Å². The molecule has 7 heteroatoms. The van der Waals surface area contributed by atoms with Crippen LogP contribution in [0.4, 0.5) is 24.7 Å². The molecule has 0 aliphatic heterocycles. The highest BCUT2D eigenvalue weighted by atomic mass is 19.4. The maximum atomic E-state index is 12.7. The van der Waals surface area contributed by atoms with Gasteiger partial charge in [0, 0.05) is 11.3 Å². The molecular weight excluding hydrogens is 293 g/mol. The van der Waals surface area contributed by atoms with E-state index in [4.69, 9.17) is 11.5 Å². The van der Waals surface area contributed by atoms with Gasteiger partial charge in [0.15, 0.2) is 0 Å². The first-order valence-electron chi connectivity index (χ1n) is 7.24. The number of nitrogens with two attached hydrogens (primary N) is 2. The van der Waals surface area contributed by atoms with Gasteiger partial charge in [0.2, 0.25) is 0 Å². The first kappa shape index (κ1) is 14.9. The molecule has 4 N–H and O–H groups in total. The molecule has 0 atom stereocenters. The number of alkyl halides is 3. The van der Waals surface area contributed by atoms with Crippen molar-refractivity contribution in [3.63, 3.8) is 0 Å². The van der Waals surface area contributed by atoms with E-state index < -0.39 is 12.1 Å². The van der Waals surface area contributed by atoms with E-state index in [1.807, 2.05) is 0 Å². The lowest BCUT2D eigenvalue weighted by molar-refractivity contribution is -0.182. The number of benzene rings is 1. The Bertz CT molecular complexity index is 691. The largest absolute Gasteiger partial charge is 0.397 e. The minimum absolute atomic E-state index is 0.0927. The molecule has 0 unspecified atom stereocenters. The highest BCUT2D eigenvalue weighted by Gasteiger charge is 2.42. The standard InChI is InChI=1S/C15H17F3N4/c16-15(17,18)9-6-4-8(5-7-9)14-21-12-10(13(20)22-14)2-1-3-11(12)19/h1-3,8-9H,4-7,19H2,(H2,20,21,22)/t8-,9-. The number of nitrogens with zero attached hydrogens (tertiary/aromatic N) is 2. The Hall–Kier alpha value is -2.05. The number of anilines is 2. The Balaban J connectivity index is 1.88. The van der Waals surface area contributed by atoms with Crippen molar-refractivity contribution in [2.24, 2.45) is 5.92 Å². The van der Waals surface area contributed by atoms with Crippen molar-refractivity contribution in [2.45, 2.75) is 37.8 Å². The molecule has 2 aromatic rings. The van der Waals surface area contributed by atoms with Crippen LogP contribution < -0.4 is 11.5 Å². The quantitative estimate of drug-likeness (QED) is 0.788. The van der Waals surface area contributed by atoms with Gasteiger partial charge in [0.05, 0.1) is 17.1 Å². The van der Waals surface area contributed by atoms with Crippen LogP contribution in [0, 0.1) is 5.92 Å². The molecule has 0 spiro atoms. The first-order valence-corrected chi connectivity index (χ1v) is 7.24. The first-order chi connectivity index (χ1) is 10.4. The molecule has 4 nitrogen and oxygen atoms in total. The smallest absolute Gasteiger partial charge is 0.391 e. The Morgan fingerprint density at radius 3 is 2.32 bits per heavy atom. The SMILES string of the molecule is Nc1nc([C@H]2CC[C@H](C(F)(F)F)CC2)nc2c(N)cccc12. The van der Waals surface area contributed by atoms with Gasteiger partial charge in [-0.2, -0.15) is 13.2 Å². The molecule has 0 saturated heterocycles. The van der Waals surface area contributed by atoms with Crippen LogP contribution in [0.15, 0.2) is 18.2 Å². The molecule has 3 rings (SSSR count). The van der Waals surface area contributed by atoms with Gasteiger partial charge in [-0.1, -0.05) is 6.07 Å². The third-order valence-corrected chi connectivity index (χ3v) is 4.36. The lowest BCUT2D eigenvalue weighted by atomic mass is 9.81. The van der Waals surface area contributed by atoms with Crippen molar-refractivity contribution in [2.75, 3.05) is 11.5 Å². The van der Waals surface area contributed by atoms with Gasteiger partial charge in [-0.25, -0.2) is 9.97 Å².